The Kier molecular flexibility index (Phi) is 3.67. The molecule has 1 fully saturated rings. The monoisotopic (exact) mass is 232 g/mol. The van der Waals surface area contributed by atoms with Crippen molar-refractivity contribution in [2.75, 3.05) is 5.73 Å². The van der Waals surface area contributed by atoms with Crippen LogP contribution in [0.4, 0.5) is 5.69 Å². The van der Waals surface area contributed by atoms with E-state index >= 15 is 0 Å². The Morgan fingerprint density at radius 1 is 1.29 bits per heavy atom. The van der Waals surface area contributed by atoms with Gasteiger partial charge in [0.1, 0.15) is 0 Å². The van der Waals surface area contributed by atoms with Gasteiger partial charge in [0.15, 0.2) is 0 Å². The first kappa shape index (κ1) is 12.0. The number of hydrogen-bond donors (Lipinski definition) is 2. The molecule has 0 saturated heterocycles. The topological polar surface area (TPSA) is 55.1 Å². The Hall–Kier alpha value is -1.51. The summed E-state index contributed by atoms with van der Waals surface area (Å²) in [6, 6.07) is 7.92. The molecule has 1 unspecified atom stereocenters. The van der Waals surface area contributed by atoms with Crippen LogP contribution >= 0.6 is 0 Å². The van der Waals surface area contributed by atoms with Crippen LogP contribution in [0.3, 0.4) is 0 Å². The van der Waals surface area contributed by atoms with Gasteiger partial charge in [-0.3, -0.25) is 4.79 Å². The molecule has 3 nitrogen and oxygen atoms in total. The molecule has 0 radical (unpaired) electrons. The van der Waals surface area contributed by atoms with E-state index in [1.807, 2.05) is 31.2 Å². The first-order valence-corrected chi connectivity index (χ1v) is 6.32. The van der Waals surface area contributed by atoms with Gasteiger partial charge in [0, 0.05) is 11.7 Å². The van der Waals surface area contributed by atoms with Crippen molar-refractivity contribution in [3.8, 4) is 0 Å². The van der Waals surface area contributed by atoms with Gasteiger partial charge in [0.25, 0.3) is 0 Å². The fraction of sp³-hybridized carbons (Fsp3) is 0.500. The molecule has 1 amide bonds. The normalized spacial score (nSPS) is 17.9. The lowest BCUT2D eigenvalue weighted by atomic mass is 9.99. The quantitative estimate of drug-likeness (QED) is 0.786. The fourth-order valence-corrected chi connectivity index (χ4v) is 2.33. The number of carbonyl (C=O) groups excluding carboxylic acids is 1. The van der Waals surface area contributed by atoms with Crippen LogP contribution in [-0.2, 0) is 4.79 Å². The SMILES string of the molecule is CC(C(=O)NC1CCCC1)c1ccc(N)cc1. The summed E-state index contributed by atoms with van der Waals surface area (Å²) in [5.74, 6) is 0.0258. The molecule has 0 heterocycles. The molecule has 0 spiro atoms. The van der Waals surface area contributed by atoms with Gasteiger partial charge in [-0.05, 0) is 37.5 Å². The lowest BCUT2D eigenvalue weighted by Crippen LogP contribution is -2.35. The highest BCUT2D eigenvalue weighted by Gasteiger charge is 2.21. The number of benzene rings is 1. The Morgan fingerprint density at radius 3 is 2.47 bits per heavy atom. The van der Waals surface area contributed by atoms with Crippen LogP contribution in [0.15, 0.2) is 24.3 Å². The van der Waals surface area contributed by atoms with Crippen LogP contribution in [0.5, 0.6) is 0 Å². The molecule has 1 atom stereocenters. The van der Waals surface area contributed by atoms with Crippen molar-refractivity contribution in [3.63, 3.8) is 0 Å². The van der Waals surface area contributed by atoms with Crippen LogP contribution in [-0.4, -0.2) is 11.9 Å². The van der Waals surface area contributed by atoms with Crippen LogP contribution in [0.1, 0.15) is 44.1 Å². The van der Waals surface area contributed by atoms with Gasteiger partial charge in [0.05, 0.1) is 5.92 Å². The zero-order valence-electron chi connectivity index (χ0n) is 10.3. The molecular formula is C14H20N2O. The summed E-state index contributed by atoms with van der Waals surface area (Å²) in [7, 11) is 0. The maximum absolute atomic E-state index is 12.0. The van der Waals surface area contributed by atoms with E-state index in [9.17, 15) is 4.79 Å². The Morgan fingerprint density at radius 2 is 1.88 bits per heavy atom. The molecular weight excluding hydrogens is 212 g/mol. The highest BCUT2D eigenvalue weighted by atomic mass is 16.1. The first-order chi connectivity index (χ1) is 8.16. The summed E-state index contributed by atoms with van der Waals surface area (Å²) in [6.07, 6.45) is 4.72. The highest BCUT2D eigenvalue weighted by Crippen LogP contribution is 2.21. The van der Waals surface area contributed by atoms with E-state index in [1.165, 1.54) is 12.8 Å². The third-order valence-electron chi connectivity index (χ3n) is 3.53. The summed E-state index contributed by atoms with van der Waals surface area (Å²) in [5.41, 5.74) is 7.39. The molecule has 1 aliphatic carbocycles. The number of amides is 1. The molecule has 1 saturated carbocycles. The van der Waals surface area contributed by atoms with Crippen molar-refractivity contribution in [1.82, 2.24) is 5.32 Å². The van der Waals surface area contributed by atoms with Gasteiger partial charge in [-0.2, -0.15) is 0 Å². The second-order valence-corrected chi connectivity index (χ2v) is 4.88. The number of nitrogen functional groups attached to an aromatic ring is 1. The molecule has 1 aliphatic rings. The Bertz CT molecular complexity index is 380. The minimum atomic E-state index is -0.101. The fourth-order valence-electron chi connectivity index (χ4n) is 2.33. The van der Waals surface area contributed by atoms with Gasteiger partial charge in [0.2, 0.25) is 5.91 Å². The van der Waals surface area contributed by atoms with Gasteiger partial charge in [-0.25, -0.2) is 0 Å². The molecule has 3 N–H and O–H groups in total. The zero-order chi connectivity index (χ0) is 12.3. The van der Waals surface area contributed by atoms with E-state index < -0.39 is 0 Å². The van der Waals surface area contributed by atoms with E-state index in [1.54, 1.807) is 0 Å². The van der Waals surface area contributed by atoms with Gasteiger partial charge in [-0.15, -0.1) is 0 Å². The van der Waals surface area contributed by atoms with Crippen molar-refractivity contribution in [2.45, 2.75) is 44.6 Å². The van der Waals surface area contributed by atoms with E-state index in [-0.39, 0.29) is 11.8 Å². The largest absolute Gasteiger partial charge is 0.399 e. The number of nitrogens with one attached hydrogen (secondary N) is 1. The average molecular weight is 232 g/mol. The van der Waals surface area contributed by atoms with Crippen molar-refractivity contribution >= 4 is 11.6 Å². The smallest absolute Gasteiger partial charge is 0.227 e. The molecule has 3 heteroatoms. The lowest BCUT2D eigenvalue weighted by Gasteiger charge is -2.17. The minimum absolute atomic E-state index is 0.101. The Balaban J connectivity index is 1.96. The third-order valence-corrected chi connectivity index (χ3v) is 3.53. The van der Waals surface area contributed by atoms with E-state index in [4.69, 9.17) is 5.73 Å². The molecule has 0 aliphatic heterocycles. The Labute approximate surface area is 102 Å². The van der Waals surface area contributed by atoms with Crippen molar-refractivity contribution in [1.29, 1.82) is 0 Å². The summed E-state index contributed by atoms with van der Waals surface area (Å²) >= 11 is 0. The predicted octanol–water partition coefficient (Wildman–Crippen LogP) is 2.43. The predicted molar refractivity (Wildman–Crippen MR) is 69.7 cm³/mol. The van der Waals surface area contributed by atoms with Gasteiger partial charge >= 0.3 is 0 Å². The van der Waals surface area contributed by atoms with Crippen LogP contribution < -0.4 is 11.1 Å². The third kappa shape index (κ3) is 2.99. The second-order valence-electron chi connectivity index (χ2n) is 4.88. The maximum Gasteiger partial charge on any atom is 0.227 e. The maximum atomic E-state index is 12.0. The molecule has 92 valence electrons. The first-order valence-electron chi connectivity index (χ1n) is 6.32. The molecule has 1 aromatic rings. The molecule has 0 aromatic heterocycles. The number of anilines is 1. The molecule has 17 heavy (non-hydrogen) atoms. The number of carbonyl (C=O) groups is 1. The molecule has 1 aromatic carbocycles. The van der Waals surface area contributed by atoms with Crippen molar-refractivity contribution in [3.05, 3.63) is 29.8 Å². The lowest BCUT2D eigenvalue weighted by molar-refractivity contribution is -0.122. The van der Waals surface area contributed by atoms with Crippen molar-refractivity contribution < 1.29 is 4.79 Å². The van der Waals surface area contributed by atoms with E-state index in [0.717, 1.165) is 24.1 Å². The summed E-state index contributed by atoms with van der Waals surface area (Å²) in [4.78, 5) is 12.0. The van der Waals surface area contributed by atoms with Crippen LogP contribution in [0.2, 0.25) is 0 Å². The standard InChI is InChI=1S/C14H20N2O/c1-10(11-6-8-12(15)9-7-11)14(17)16-13-4-2-3-5-13/h6-10,13H,2-5,15H2,1H3,(H,16,17). The molecule has 0 bridgehead atoms. The summed E-state index contributed by atoms with van der Waals surface area (Å²) in [6.45, 7) is 1.94. The zero-order valence-corrected chi connectivity index (χ0v) is 10.3. The number of nitrogens with two attached hydrogens (primary N) is 1. The van der Waals surface area contributed by atoms with E-state index in [2.05, 4.69) is 5.32 Å². The summed E-state index contributed by atoms with van der Waals surface area (Å²) in [5, 5.41) is 3.12. The number of rotatable bonds is 3. The number of hydrogen-bond acceptors (Lipinski definition) is 2. The van der Waals surface area contributed by atoms with Crippen LogP contribution in [0.25, 0.3) is 0 Å². The van der Waals surface area contributed by atoms with Crippen molar-refractivity contribution in [2.24, 2.45) is 0 Å². The van der Waals surface area contributed by atoms with Gasteiger partial charge in [-0.1, -0.05) is 25.0 Å². The average Bonchev–Trinajstić information content (AvgIpc) is 2.82. The summed E-state index contributed by atoms with van der Waals surface area (Å²) < 4.78 is 0. The van der Waals surface area contributed by atoms with E-state index in [0.29, 0.717) is 6.04 Å². The van der Waals surface area contributed by atoms with Gasteiger partial charge < -0.3 is 11.1 Å². The van der Waals surface area contributed by atoms with Crippen LogP contribution in [0, 0.1) is 0 Å². The minimum Gasteiger partial charge on any atom is -0.399 e. The highest BCUT2D eigenvalue weighted by molar-refractivity contribution is 5.83. The second kappa shape index (κ2) is 5.21. The molecule has 2 rings (SSSR count).